The van der Waals surface area contributed by atoms with Crippen LogP contribution in [0.5, 0.6) is 0 Å². The van der Waals surface area contributed by atoms with Crippen molar-refractivity contribution in [1.29, 1.82) is 0 Å². The predicted octanol–water partition coefficient (Wildman–Crippen LogP) is 2.11. The van der Waals surface area contributed by atoms with Crippen molar-refractivity contribution < 1.29 is 9.53 Å². The quantitative estimate of drug-likeness (QED) is 0.921. The van der Waals surface area contributed by atoms with Gasteiger partial charge in [0.25, 0.3) is 5.91 Å². The lowest BCUT2D eigenvalue weighted by Crippen LogP contribution is -2.46. The number of carbonyl (C=O) groups excluding carboxylic acids is 1. The molecule has 1 saturated carbocycles. The molecule has 2 fully saturated rings. The molecule has 0 spiro atoms. The van der Waals surface area contributed by atoms with Crippen LogP contribution in [0.4, 0.5) is 0 Å². The maximum atomic E-state index is 12.5. The van der Waals surface area contributed by atoms with Crippen LogP contribution in [-0.4, -0.2) is 52.2 Å². The zero-order chi connectivity index (χ0) is 16.5. The Morgan fingerprint density at radius 1 is 1.21 bits per heavy atom. The molecule has 1 aliphatic carbocycles. The van der Waals surface area contributed by atoms with E-state index >= 15 is 0 Å². The van der Waals surface area contributed by atoms with Crippen molar-refractivity contribution in [3.05, 3.63) is 17.7 Å². The molecule has 1 N–H and O–H groups in total. The molecule has 6 heteroatoms. The minimum atomic E-state index is -0.00591. The molecule has 3 heterocycles. The average Bonchev–Trinajstić information content (AvgIpc) is 3.25. The summed E-state index contributed by atoms with van der Waals surface area (Å²) in [4.78, 5) is 19.7. The number of hydrogen-bond acceptors (Lipinski definition) is 4. The highest BCUT2D eigenvalue weighted by atomic mass is 16.5. The van der Waals surface area contributed by atoms with Gasteiger partial charge < -0.3 is 14.6 Å². The van der Waals surface area contributed by atoms with Crippen LogP contribution in [0.1, 0.15) is 67.8 Å². The molecule has 4 rings (SSSR count). The summed E-state index contributed by atoms with van der Waals surface area (Å²) in [6.07, 6.45) is 8.79. The third-order valence-electron chi connectivity index (χ3n) is 5.86. The van der Waals surface area contributed by atoms with Gasteiger partial charge in [0.05, 0.1) is 6.04 Å². The van der Waals surface area contributed by atoms with E-state index in [0.717, 1.165) is 57.8 Å². The fourth-order valence-corrected chi connectivity index (χ4v) is 4.46. The Morgan fingerprint density at radius 2 is 1.96 bits per heavy atom. The van der Waals surface area contributed by atoms with Crippen LogP contribution < -0.4 is 5.32 Å². The smallest absolute Gasteiger partial charge is 0.271 e. The molecule has 24 heavy (non-hydrogen) atoms. The highest BCUT2D eigenvalue weighted by Crippen LogP contribution is 2.30. The number of carbonyl (C=O) groups is 1. The SMILES string of the molecule is C[C@@H]1c2nc(C(=O)NC3CCCC3)cn2CCN1C1CCOCC1. The van der Waals surface area contributed by atoms with Gasteiger partial charge in [-0.25, -0.2) is 4.98 Å². The van der Waals surface area contributed by atoms with Gasteiger partial charge in [0.15, 0.2) is 0 Å². The normalized spacial score (nSPS) is 26.5. The van der Waals surface area contributed by atoms with Crippen LogP contribution in [0.15, 0.2) is 6.20 Å². The van der Waals surface area contributed by atoms with Crippen molar-refractivity contribution in [2.24, 2.45) is 0 Å². The molecular formula is C18H28N4O2. The number of fused-ring (bicyclic) bond motifs is 1. The second-order valence-corrected chi connectivity index (χ2v) is 7.39. The van der Waals surface area contributed by atoms with Crippen LogP contribution in [-0.2, 0) is 11.3 Å². The van der Waals surface area contributed by atoms with Crippen LogP contribution >= 0.6 is 0 Å². The van der Waals surface area contributed by atoms with Crippen molar-refractivity contribution in [2.75, 3.05) is 19.8 Å². The Balaban J connectivity index is 1.47. The standard InChI is InChI=1S/C18H28N4O2/c1-13-17-20-16(18(23)19-14-4-2-3-5-14)12-21(17)8-9-22(13)15-6-10-24-11-7-15/h12-15H,2-11H2,1H3,(H,19,23)/t13-/m1/s1. The molecule has 2 aliphatic heterocycles. The number of nitrogens with one attached hydrogen (secondary N) is 1. The van der Waals surface area contributed by atoms with Crippen LogP contribution in [0, 0.1) is 0 Å². The summed E-state index contributed by atoms with van der Waals surface area (Å²) in [5.41, 5.74) is 0.581. The first-order valence-electron chi connectivity index (χ1n) is 9.44. The number of imidazole rings is 1. The Bertz CT molecular complexity index is 588. The van der Waals surface area contributed by atoms with Gasteiger partial charge in [-0.15, -0.1) is 0 Å². The Hall–Kier alpha value is -1.40. The lowest BCUT2D eigenvalue weighted by atomic mass is 10.0. The molecule has 0 radical (unpaired) electrons. The van der Waals surface area contributed by atoms with Gasteiger partial charge in [0, 0.05) is 44.6 Å². The van der Waals surface area contributed by atoms with E-state index in [1.54, 1.807) is 0 Å². The summed E-state index contributed by atoms with van der Waals surface area (Å²) in [6, 6.07) is 1.18. The molecule has 1 aromatic heterocycles. The highest BCUT2D eigenvalue weighted by molar-refractivity contribution is 5.92. The summed E-state index contributed by atoms with van der Waals surface area (Å²) in [6.45, 7) is 5.88. The Kier molecular flexibility index (Phi) is 4.59. The van der Waals surface area contributed by atoms with Crippen molar-refractivity contribution in [2.45, 2.75) is 70.1 Å². The number of aromatic nitrogens is 2. The Labute approximate surface area is 143 Å². The van der Waals surface area contributed by atoms with E-state index in [-0.39, 0.29) is 11.9 Å². The molecular weight excluding hydrogens is 304 g/mol. The van der Waals surface area contributed by atoms with Crippen molar-refractivity contribution >= 4 is 5.91 Å². The molecule has 3 aliphatic rings. The van der Waals surface area contributed by atoms with E-state index in [1.807, 2.05) is 6.20 Å². The molecule has 0 aromatic carbocycles. The maximum absolute atomic E-state index is 12.5. The van der Waals surface area contributed by atoms with Crippen LogP contribution in [0.3, 0.4) is 0 Å². The van der Waals surface area contributed by atoms with Gasteiger partial charge in [-0.1, -0.05) is 12.8 Å². The van der Waals surface area contributed by atoms with Crippen LogP contribution in [0.2, 0.25) is 0 Å². The van der Waals surface area contributed by atoms with Gasteiger partial charge >= 0.3 is 0 Å². The van der Waals surface area contributed by atoms with Gasteiger partial charge in [-0.2, -0.15) is 0 Å². The van der Waals surface area contributed by atoms with E-state index in [2.05, 4.69) is 21.7 Å². The lowest BCUT2D eigenvalue weighted by Gasteiger charge is -2.41. The minimum absolute atomic E-state index is 0.00591. The largest absolute Gasteiger partial charge is 0.381 e. The number of amides is 1. The number of hydrogen-bond donors (Lipinski definition) is 1. The van der Waals surface area contributed by atoms with Gasteiger partial charge in [0.2, 0.25) is 0 Å². The number of ether oxygens (including phenoxy) is 1. The van der Waals surface area contributed by atoms with E-state index in [0.29, 0.717) is 17.8 Å². The molecule has 0 bridgehead atoms. The molecule has 132 valence electrons. The number of rotatable bonds is 3. The lowest BCUT2D eigenvalue weighted by molar-refractivity contribution is 0.00897. The van der Waals surface area contributed by atoms with E-state index in [1.165, 1.54) is 12.8 Å². The fourth-order valence-electron chi connectivity index (χ4n) is 4.46. The van der Waals surface area contributed by atoms with E-state index in [4.69, 9.17) is 9.72 Å². The molecule has 1 amide bonds. The van der Waals surface area contributed by atoms with Crippen molar-refractivity contribution in [1.82, 2.24) is 19.8 Å². The summed E-state index contributed by atoms with van der Waals surface area (Å²) in [5, 5.41) is 3.15. The third-order valence-corrected chi connectivity index (χ3v) is 5.86. The van der Waals surface area contributed by atoms with Gasteiger partial charge in [-0.3, -0.25) is 9.69 Å². The average molecular weight is 332 g/mol. The summed E-state index contributed by atoms with van der Waals surface area (Å²) in [7, 11) is 0. The summed E-state index contributed by atoms with van der Waals surface area (Å²) < 4.78 is 7.66. The molecule has 1 aromatic rings. The molecule has 0 unspecified atom stereocenters. The van der Waals surface area contributed by atoms with E-state index < -0.39 is 0 Å². The minimum Gasteiger partial charge on any atom is -0.381 e. The third kappa shape index (κ3) is 3.09. The topological polar surface area (TPSA) is 59.4 Å². The Morgan fingerprint density at radius 3 is 2.71 bits per heavy atom. The van der Waals surface area contributed by atoms with Gasteiger partial charge in [-0.05, 0) is 32.6 Å². The zero-order valence-corrected chi connectivity index (χ0v) is 14.5. The zero-order valence-electron chi connectivity index (χ0n) is 14.5. The summed E-state index contributed by atoms with van der Waals surface area (Å²) in [5.74, 6) is 1.03. The predicted molar refractivity (Wildman–Crippen MR) is 90.9 cm³/mol. The monoisotopic (exact) mass is 332 g/mol. The highest BCUT2D eigenvalue weighted by Gasteiger charge is 2.33. The van der Waals surface area contributed by atoms with Crippen molar-refractivity contribution in [3.8, 4) is 0 Å². The first kappa shape index (κ1) is 16.1. The first-order valence-corrected chi connectivity index (χ1v) is 9.44. The summed E-state index contributed by atoms with van der Waals surface area (Å²) >= 11 is 0. The molecule has 6 nitrogen and oxygen atoms in total. The van der Waals surface area contributed by atoms with Crippen LogP contribution in [0.25, 0.3) is 0 Å². The molecule has 1 saturated heterocycles. The van der Waals surface area contributed by atoms with Crippen molar-refractivity contribution in [3.63, 3.8) is 0 Å². The second-order valence-electron chi connectivity index (χ2n) is 7.39. The first-order chi connectivity index (χ1) is 11.7. The number of nitrogens with zero attached hydrogens (tertiary/aromatic N) is 3. The van der Waals surface area contributed by atoms with Gasteiger partial charge in [0.1, 0.15) is 11.5 Å². The molecule has 1 atom stereocenters. The second kappa shape index (κ2) is 6.84. The maximum Gasteiger partial charge on any atom is 0.271 e. The van der Waals surface area contributed by atoms with E-state index in [9.17, 15) is 4.79 Å². The fraction of sp³-hybridized carbons (Fsp3) is 0.778.